The van der Waals surface area contributed by atoms with Gasteiger partial charge in [-0.05, 0) is 96.5 Å². The van der Waals surface area contributed by atoms with Gasteiger partial charge in [0.2, 0.25) is 0 Å². The first-order chi connectivity index (χ1) is 53.5. The molecule has 1 aliphatic carbocycles. The molecule has 0 amide bonds. The summed E-state index contributed by atoms with van der Waals surface area (Å²) >= 11 is 0. The Kier molecular flexibility index (Phi) is 63.7. The molecule has 0 saturated carbocycles. The molecule has 1 aliphatic rings. The van der Waals surface area contributed by atoms with Gasteiger partial charge in [0.25, 0.3) is 0 Å². The molecule has 620 valence electrons. The molecule has 0 aliphatic heterocycles. The number of carboxylic acid groups (broad SMARTS) is 1. The van der Waals surface area contributed by atoms with Crippen LogP contribution in [0.2, 0.25) is 0 Å². The fourth-order valence-electron chi connectivity index (χ4n) is 11.0. The van der Waals surface area contributed by atoms with Crippen molar-refractivity contribution in [3.63, 3.8) is 0 Å². The van der Waals surface area contributed by atoms with E-state index in [0.29, 0.717) is 317 Å². The lowest BCUT2D eigenvalue weighted by molar-refractivity contribution is -0.138. The Morgan fingerprint density at radius 1 is 0.269 bits per heavy atom. The average molecular weight is 1540 g/mol. The van der Waals surface area contributed by atoms with E-state index in [9.17, 15) is 9.59 Å². The topological polar surface area (TPSA) is 285 Å². The maximum absolute atomic E-state index is 12.0. The normalized spacial score (nSPS) is 12.4. The SMILES string of the molecule is COCCOCCOCCOCCOCCOCCOCCOCCOCCOCCOCCOCCCC1(CCCOCCOCCOCCOCCOCCOCCOCCOCCOCCOCCOCCOC)c2ccccc2-c2ccc(-c3ccc(OCCCCCC(=O)CCC(=O)O)cc3)cc21. The van der Waals surface area contributed by atoms with Gasteiger partial charge in [-0.15, -0.1) is 0 Å². The number of carbonyl (C=O) groups is 2. The molecular weight excluding hydrogens is 1410 g/mol. The second kappa shape index (κ2) is 71.7. The fourth-order valence-corrected chi connectivity index (χ4v) is 11.0. The number of aliphatic carboxylic acids is 1. The number of carbonyl (C=O) groups excluding carboxylic acids is 1. The zero-order chi connectivity index (χ0) is 76.5. The van der Waals surface area contributed by atoms with Gasteiger partial charge < -0.3 is 124 Å². The highest BCUT2D eigenvalue weighted by Crippen LogP contribution is 2.54. The highest BCUT2D eigenvalue weighted by molar-refractivity contribution is 5.84. The Bertz CT molecular complexity index is 2420. The van der Waals surface area contributed by atoms with Crippen LogP contribution in [0.3, 0.4) is 0 Å². The van der Waals surface area contributed by atoms with Crippen molar-refractivity contribution < 1.29 is 133 Å². The van der Waals surface area contributed by atoms with E-state index < -0.39 is 5.97 Å². The van der Waals surface area contributed by atoms with E-state index in [2.05, 4.69) is 54.6 Å². The van der Waals surface area contributed by atoms with Crippen LogP contribution < -0.4 is 4.74 Å². The van der Waals surface area contributed by atoms with Crippen molar-refractivity contribution >= 4 is 11.8 Å². The number of benzene rings is 3. The molecule has 0 bridgehead atoms. The number of methoxy groups -OCH3 is 2. The molecule has 0 aromatic heterocycles. The molecule has 28 nitrogen and oxygen atoms in total. The fraction of sp³-hybridized carbons (Fsp3) is 0.750. The van der Waals surface area contributed by atoms with Gasteiger partial charge in [0.05, 0.1) is 304 Å². The van der Waals surface area contributed by atoms with Gasteiger partial charge in [-0.3, -0.25) is 9.59 Å². The summed E-state index contributed by atoms with van der Waals surface area (Å²) < 4.78 is 140. The standard InChI is InChI=1S/C80H132O28/c1-84-26-28-88-34-36-92-42-44-96-50-52-100-58-60-104-66-68-106-64-62-102-56-54-98-48-46-94-40-38-90-32-30-86-23-8-21-80(77-12-6-5-11-75(77)76-19-15-72(70-78(76)80)71-13-17-74(18-14-71)108-25-7-3-4-10-73(81)16-20-79(82)83)22-9-24-87-31-33-91-39-41-95-47-49-99-55-57-103-63-65-107-69-67-105-61-59-101-53-51-97-45-43-93-37-35-89-29-27-85-2/h5-6,11-15,17-19,70H,3-4,7-10,16,20-69H2,1-2H3,(H,82,83). The predicted octanol–water partition coefficient (Wildman–Crippen LogP) is 8.21. The molecule has 1 N–H and O–H groups in total. The first kappa shape index (κ1) is 96.0. The smallest absolute Gasteiger partial charge is 0.303 e. The predicted molar refractivity (Wildman–Crippen MR) is 404 cm³/mol. The second-order valence-corrected chi connectivity index (χ2v) is 24.7. The van der Waals surface area contributed by atoms with Crippen LogP contribution in [0.4, 0.5) is 0 Å². The third-order valence-corrected chi connectivity index (χ3v) is 16.5. The van der Waals surface area contributed by atoms with Crippen LogP contribution in [0, 0.1) is 0 Å². The maximum atomic E-state index is 12.0. The minimum absolute atomic E-state index is 0.00790. The van der Waals surface area contributed by atoms with Gasteiger partial charge in [-0.1, -0.05) is 48.5 Å². The molecule has 0 heterocycles. The summed E-state index contributed by atoms with van der Waals surface area (Å²) in [5.41, 5.74) is 7.10. The molecule has 3 aromatic carbocycles. The first-order valence-corrected chi connectivity index (χ1v) is 38.9. The van der Waals surface area contributed by atoms with Gasteiger partial charge >= 0.3 is 5.97 Å². The molecule has 0 radical (unpaired) electrons. The molecule has 3 aromatic rings. The van der Waals surface area contributed by atoms with Crippen LogP contribution in [-0.2, 0) is 129 Å². The molecule has 4 rings (SSSR count). The van der Waals surface area contributed by atoms with Crippen molar-refractivity contribution in [2.24, 2.45) is 0 Å². The minimum atomic E-state index is -0.946. The third kappa shape index (κ3) is 51.3. The Morgan fingerprint density at radius 3 is 0.870 bits per heavy atom. The minimum Gasteiger partial charge on any atom is -0.494 e. The summed E-state index contributed by atoms with van der Waals surface area (Å²) in [6.45, 7) is 23.5. The zero-order valence-corrected chi connectivity index (χ0v) is 65.1. The van der Waals surface area contributed by atoms with E-state index in [0.717, 1.165) is 61.8 Å². The molecule has 0 unspecified atom stereocenters. The molecular formula is C80H132O28. The number of carboxylic acids is 1. The Hall–Kier alpha value is -4.36. The van der Waals surface area contributed by atoms with Crippen LogP contribution in [0.25, 0.3) is 22.3 Å². The van der Waals surface area contributed by atoms with Gasteiger partial charge in [-0.25, -0.2) is 0 Å². The number of hydrogen-bond acceptors (Lipinski definition) is 27. The summed E-state index contributed by atoms with van der Waals surface area (Å²) in [6, 6.07) is 23.9. The number of hydrogen-bond donors (Lipinski definition) is 1. The van der Waals surface area contributed by atoms with Crippen LogP contribution in [0.1, 0.15) is 75.3 Å². The number of unbranched alkanes of at least 4 members (excludes halogenated alkanes) is 2. The summed E-state index contributed by atoms with van der Waals surface area (Å²) in [6.07, 6.45) is 6.19. The van der Waals surface area contributed by atoms with Crippen LogP contribution in [0.5, 0.6) is 5.75 Å². The summed E-state index contributed by atoms with van der Waals surface area (Å²) in [4.78, 5) is 22.8. The van der Waals surface area contributed by atoms with Gasteiger partial charge in [0, 0.05) is 45.7 Å². The van der Waals surface area contributed by atoms with E-state index in [4.69, 9.17) is 124 Å². The van der Waals surface area contributed by atoms with E-state index in [1.165, 1.54) is 22.3 Å². The molecule has 108 heavy (non-hydrogen) atoms. The number of fused-ring (bicyclic) bond motifs is 3. The van der Waals surface area contributed by atoms with E-state index >= 15 is 0 Å². The summed E-state index contributed by atoms with van der Waals surface area (Å²) in [5.74, 6) is -0.169. The molecule has 28 heteroatoms. The van der Waals surface area contributed by atoms with Gasteiger partial charge in [-0.2, -0.15) is 0 Å². The average Bonchev–Trinajstić information content (AvgIpc) is 1.57. The van der Waals surface area contributed by atoms with E-state index in [1.54, 1.807) is 14.2 Å². The lowest BCUT2D eigenvalue weighted by atomic mass is 9.71. The van der Waals surface area contributed by atoms with Crippen molar-refractivity contribution in [3.8, 4) is 28.0 Å². The van der Waals surface area contributed by atoms with Crippen LogP contribution in [0.15, 0.2) is 66.7 Å². The third-order valence-electron chi connectivity index (χ3n) is 16.5. The van der Waals surface area contributed by atoms with E-state index in [-0.39, 0.29) is 24.0 Å². The summed E-state index contributed by atoms with van der Waals surface area (Å²) in [5, 5.41) is 8.86. The Labute approximate surface area is 642 Å². The highest BCUT2D eigenvalue weighted by Gasteiger charge is 2.42. The molecule has 0 saturated heterocycles. The van der Waals surface area contributed by atoms with Crippen LogP contribution in [-0.4, -0.2) is 342 Å². The zero-order valence-electron chi connectivity index (χ0n) is 65.1. The molecule has 0 fully saturated rings. The number of rotatable bonds is 85. The van der Waals surface area contributed by atoms with Crippen molar-refractivity contribution in [2.45, 2.75) is 69.6 Å². The number of ether oxygens (including phenoxy) is 25. The number of ketones is 1. The summed E-state index contributed by atoms with van der Waals surface area (Å²) in [7, 11) is 3.29. The Morgan fingerprint density at radius 2 is 0.556 bits per heavy atom. The van der Waals surface area contributed by atoms with E-state index in [1.807, 2.05) is 12.1 Å². The quantitative estimate of drug-likeness (QED) is 0.0521. The van der Waals surface area contributed by atoms with Gasteiger partial charge in [0.1, 0.15) is 11.5 Å². The molecule has 0 spiro atoms. The first-order valence-electron chi connectivity index (χ1n) is 38.9. The van der Waals surface area contributed by atoms with Gasteiger partial charge in [0.15, 0.2) is 0 Å². The lowest BCUT2D eigenvalue weighted by Crippen LogP contribution is -2.27. The largest absolute Gasteiger partial charge is 0.494 e. The molecule has 0 atom stereocenters. The second-order valence-electron chi connectivity index (χ2n) is 24.7. The van der Waals surface area contributed by atoms with Crippen molar-refractivity contribution in [1.29, 1.82) is 0 Å². The van der Waals surface area contributed by atoms with Crippen molar-refractivity contribution in [1.82, 2.24) is 0 Å². The Balaban J connectivity index is 1.04. The van der Waals surface area contributed by atoms with Crippen LogP contribution >= 0.6 is 0 Å². The lowest BCUT2D eigenvalue weighted by Gasteiger charge is -2.33. The van der Waals surface area contributed by atoms with Crippen molar-refractivity contribution in [3.05, 3.63) is 77.9 Å². The monoisotopic (exact) mass is 1540 g/mol. The number of Topliss-reactive ketones (excluding diaryl/α,β-unsaturated/α-hetero) is 1. The highest BCUT2D eigenvalue weighted by atomic mass is 16.6. The van der Waals surface area contributed by atoms with Crippen molar-refractivity contribution in [2.75, 3.05) is 325 Å². The maximum Gasteiger partial charge on any atom is 0.303 e.